The van der Waals surface area contributed by atoms with Crippen molar-refractivity contribution >= 4 is 23.5 Å². The quantitative estimate of drug-likeness (QED) is 0.610. The Morgan fingerprint density at radius 2 is 2.19 bits per heavy atom. The van der Waals surface area contributed by atoms with Crippen molar-refractivity contribution in [2.75, 3.05) is 11.1 Å². The molecule has 1 N–H and O–H groups in total. The Kier molecular flexibility index (Phi) is 5.28. The fourth-order valence-corrected chi connectivity index (χ4v) is 3.97. The van der Waals surface area contributed by atoms with Gasteiger partial charge < -0.3 is 14.2 Å². The second-order valence-electron chi connectivity index (χ2n) is 6.51. The van der Waals surface area contributed by atoms with Gasteiger partial charge in [0.1, 0.15) is 11.6 Å². The first kappa shape index (κ1) is 17.8. The summed E-state index contributed by atoms with van der Waals surface area (Å²) in [5.41, 5.74) is 0.785. The minimum Gasteiger partial charge on any atom is -0.469 e. The summed E-state index contributed by atoms with van der Waals surface area (Å²) in [5.74, 6) is 2.43. The molecule has 8 nitrogen and oxygen atoms in total. The van der Waals surface area contributed by atoms with Gasteiger partial charge in [0.25, 0.3) is 11.1 Å². The summed E-state index contributed by atoms with van der Waals surface area (Å²) >= 11 is 1.36. The molecule has 0 atom stereocenters. The van der Waals surface area contributed by atoms with Crippen LogP contribution in [0.4, 0.5) is 5.82 Å². The molecule has 1 aliphatic rings. The molecule has 0 aromatic carbocycles. The zero-order chi connectivity index (χ0) is 18.6. The van der Waals surface area contributed by atoms with Crippen LogP contribution in [-0.4, -0.2) is 31.6 Å². The van der Waals surface area contributed by atoms with Crippen LogP contribution in [0.5, 0.6) is 0 Å². The minimum atomic E-state index is -0.0485. The van der Waals surface area contributed by atoms with Crippen LogP contribution in [0.15, 0.2) is 38.6 Å². The molecule has 3 aromatic heterocycles. The molecule has 1 amide bonds. The number of furan rings is 1. The first-order valence-corrected chi connectivity index (χ1v) is 10.0. The van der Waals surface area contributed by atoms with E-state index in [1.807, 2.05) is 17.7 Å². The Bertz CT molecular complexity index is 910. The second kappa shape index (κ2) is 7.99. The number of hydrogen-bond acceptors (Lipinski definition) is 7. The molecule has 3 aromatic rings. The van der Waals surface area contributed by atoms with Crippen molar-refractivity contribution in [3.63, 3.8) is 0 Å². The lowest BCUT2D eigenvalue weighted by atomic mass is 10.2. The number of aryl methyl sites for hydroxylation is 1. The average Bonchev–Trinajstić information content (AvgIpc) is 3.42. The molecule has 1 aliphatic carbocycles. The minimum absolute atomic E-state index is 0.0485. The van der Waals surface area contributed by atoms with E-state index < -0.39 is 0 Å². The lowest BCUT2D eigenvalue weighted by Gasteiger charge is -2.14. The van der Waals surface area contributed by atoms with Crippen molar-refractivity contribution in [1.82, 2.24) is 20.0 Å². The SMILES string of the molecule is Cc1occc1-c1nnc(SCCC(=O)Nc2ccnn2C2CCCC2)o1. The highest BCUT2D eigenvalue weighted by atomic mass is 32.2. The molecule has 0 spiro atoms. The largest absolute Gasteiger partial charge is 0.469 e. The normalized spacial score (nSPS) is 14.7. The highest BCUT2D eigenvalue weighted by Gasteiger charge is 2.20. The van der Waals surface area contributed by atoms with E-state index in [0.717, 1.165) is 30.0 Å². The fraction of sp³-hybridized carbons (Fsp3) is 0.444. The third-order valence-electron chi connectivity index (χ3n) is 4.66. The highest BCUT2D eigenvalue weighted by Crippen LogP contribution is 2.31. The number of aromatic nitrogens is 4. The Morgan fingerprint density at radius 3 is 2.96 bits per heavy atom. The topological polar surface area (TPSA) is 99.0 Å². The summed E-state index contributed by atoms with van der Waals surface area (Å²) in [5, 5.41) is 15.8. The van der Waals surface area contributed by atoms with Crippen LogP contribution >= 0.6 is 11.8 Å². The maximum Gasteiger partial charge on any atom is 0.276 e. The predicted octanol–water partition coefficient (Wildman–Crippen LogP) is 4.07. The molecule has 1 saturated carbocycles. The van der Waals surface area contributed by atoms with Crippen LogP contribution in [-0.2, 0) is 4.79 Å². The molecule has 9 heteroatoms. The number of anilines is 1. The molecular weight excluding hydrogens is 366 g/mol. The van der Waals surface area contributed by atoms with E-state index in [0.29, 0.717) is 29.3 Å². The lowest BCUT2D eigenvalue weighted by molar-refractivity contribution is -0.115. The van der Waals surface area contributed by atoms with E-state index in [2.05, 4.69) is 20.6 Å². The van der Waals surface area contributed by atoms with Gasteiger partial charge in [-0.15, -0.1) is 10.2 Å². The standard InChI is InChI=1S/C18H21N5O3S/c1-12-14(7-10-25-12)17-21-22-18(26-17)27-11-8-16(24)20-15-6-9-19-23(15)13-4-2-3-5-13/h6-7,9-10,13H,2-5,8,11H2,1H3,(H,20,24). The molecule has 1 fully saturated rings. The van der Waals surface area contributed by atoms with Crippen molar-refractivity contribution in [3.05, 3.63) is 30.4 Å². The summed E-state index contributed by atoms with van der Waals surface area (Å²) < 4.78 is 12.8. The zero-order valence-electron chi connectivity index (χ0n) is 15.1. The Labute approximate surface area is 160 Å². The molecule has 0 aliphatic heterocycles. The molecule has 4 rings (SSSR count). The predicted molar refractivity (Wildman–Crippen MR) is 100 cm³/mol. The highest BCUT2D eigenvalue weighted by molar-refractivity contribution is 7.99. The first-order chi connectivity index (χ1) is 13.2. The summed E-state index contributed by atoms with van der Waals surface area (Å²) in [4.78, 5) is 12.3. The maximum absolute atomic E-state index is 12.3. The number of nitrogens with zero attached hydrogens (tertiary/aromatic N) is 4. The van der Waals surface area contributed by atoms with Gasteiger partial charge in [-0.3, -0.25) is 4.79 Å². The average molecular weight is 387 g/mol. The van der Waals surface area contributed by atoms with Crippen LogP contribution in [0.3, 0.4) is 0 Å². The van der Waals surface area contributed by atoms with E-state index in [9.17, 15) is 4.79 Å². The van der Waals surface area contributed by atoms with Crippen molar-refractivity contribution in [1.29, 1.82) is 0 Å². The van der Waals surface area contributed by atoms with Crippen molar-refractivity contribution < 1.29 is 13.6 Å². The fourth-order valence-electron chi connectivity index (χ4n) is 3.27. The van der Waals surface area contributed by atoms with Gasteiger partial charge in [0.2, 0.25) is 5.91 Å². The first-order valence-electron chi connectivity index (χ1n) is 9.05. The van der Waals surface area contributed by atoms with Gasteiger partial charge in [0.05, 0.1) is 24.1 Å². The van der Waals surface area contributed by atoms with Gasteiger partial charge in [-0.05, 0) is 25.8 Å². The molecule has 0 radical (unpaired) electrons. The smallest absolute Gasteiger partial charge is 0.276 e. The Balaban J connectivity index is 1.27. The lowest BCUT2D eigenvalue weighted by Crippen LogP contribution is -2.17. The van der Waals surface area contributed by atoms with Crippen LogP contribution < -0.4 is 5.32 Å². The van der Waals surface area contributed by atoms with E-state index in [4.69, 9.17) is 8.83 Å². The third-order valence-corrected chi connectivity index (χ3v) is 5.48. The van der Waals surface area contributed by atoms with E-state index in [-0.39, 0.29) is 5.91 Å². The van der Waals surface area contributed by atoms with Gasteiger partial charge in [-0.25, -0.2) is 4.68 Å². The summed E-state index contributed by atoms with van der Waals surface area (Å²) in [6.07, 6.45) is 8.36. The van der Waals surface area contributed by atoms with Crippen molar-refractivity contribution in [3.8, 4) is 11.5 Å². The zero-order valence-corrected chi connectivity index (χ0v) is 15.9. The molecule has 0 saturated heterocycles. The Hall–Kier alpha value is -2.55. The molecule has 0 bridgehead atoms. The van der Waals surface area contributed by atoms with Gasteiger partial charge in [-0.1, -0.05) is 24.6 Å². The maximum atomic E-state index is 12.3. The van der Waals surface area contributed by atoms with Crippen LogP contribution in [0.2, 0.25) is 0 Å². The van der Waals surface area contributed by atoms with Gasteiger partial charge in [0.15, 0.2) is 0 Å². The second-order valence-corrected chi connectivity index (χ2v) is 7.56. The van der Waals surface area contributed by atoms with Crippen molar-refractivity contribution in [2.45, 2.75) is 50.3 Å². The van der Waals surface area contributed by atoms with Gasteiger partial charge >= 0.3 is 0 Å². The van der Waals surface area contributed by atoms with Crippen molar-refractivity contribution in [2.24, 2.45) is 0 Å². The van der Waals surface area contributed by atoms with Gasteiger partial charge in [0, 0.05) is 18.2 Å². The monoisotopic (exact) mass is 387 g/mol. The molecule has 0 unspecified atom stereocenters. The molecule has 142 valence electrons. The van der Waals surface area contributed by atoms with Crippen LogP contribution in [0, 0.1) is 6.92 Å². The Morgan fingerprint density at radius 1 is 1.33 bits per heavy atom. The van der Waals surface area contributed by atoms with E-state index in [1.165, 1.54) is 24.6 Å². The third kappa shape index (κ3) is 4.08. The molecule has 3 heterocycles. The van der Waals surface area contributed by atoms with E-state index >= 15 is 0 Å². The summed E-state index contributed by atoms with van der Waals surface area (Å²) in [7, 11) is 0. The molecular formula is C18H21N5O3S. The van der Waals surface area contributed by atoms with Crippen LogP contribution in [0.1, 0.15) is 43.9 Å². The number of hydrogen-bond donors (Lipinski definition) is 1. The summed E-state index contributed by atoms with van der Waals surface area (Å²) in [6, 6.07) is 4.03. The number of amides is 1. The number of rotatable bonds is 7. The number of carbonyl (C=O) groups excluding carboxylic acids is 1. The van der Waals surface area contributed by atoms with Gasteiger partial charge in [-0.2, -0.15) is 5.10 Å². The summed E-state index contributed by atoms with van der Waals surface area (Å²) in [6.45, 7) is 1.84. The van der Waals surface area contributed by atoms with E-state index in [1.54, 1.807) is 18.5 Å². The van der Waals surface area contributed by atoms with Crippen LogP contribution in [0.25, 0.3) is 11.5 Å². The number of thioether (sulfide) groups is 1. The molecule has 27 heavy (non-hydrogen) atoms. The number of carbonyl (C=O) groups is 1. The number of nitrogens with one attached hydrogen (secondary N) is 1.